The van der Waals surface area contributed by atoms with E-state index in [4.69, 9.17) is 9.73 Å². The number of hydrogen-bond acceptors (Lipinski definition) is 5. The Kier molecular flexibility index (Phi) is 11.3. The van der Waals surface area contributed by atoms with Crippen LogP contribution in [0.4, 0.5) is 11.5 Å². The van der Waals surface area contributed by atoms with E-state index < -0.39 is 0 Å². The Morgan fingerprint density at radius 3 is 2.65 bits per heavy atom. The molecule has 1 fully saturated rings. The molecule has 2 N–H and O–H groups in total. The van der Waals surface area contributed by atoms with E-state index in [0.29, 0.717) is 0 Å². The number of nitrogens with one attached hydrogen (secondary N) is 2. The van der Waals surface area contributed by atoms with E-state index >= 15 is 0 Å². The summed E-state index contributed by atoms with van der Waals surface area (Å²) < 4.78 is 5.36. The number of guanidine groups is 1. The van der Waals surface area contributed by atoms with Crippen molar-refractivity contribution in [1.82, 2.24) is 15.2 Å². The van der Waals surface area contributed by atoms with E-state index in [1.165, 1.54) is 5.69 Å². The second-order valence-electron chi connectivity index (χ2n) is 7.26. The third-order valence-corrected chi connectivity index (χ3v) is 5.15. The highest BCUT2D eigenvalue weighted by molar-refractivity contribution is 14.0. The lowest BCUT2D eigenvalue weighted by atomic mass is 10.2. The molecule has 1 aromatic heterocycles. The van der Waals surface area contributed by atoms with Gasteiger partial charge in [-0.25, -0.2) is 4.98 Å². The summed E-state index contributed by atoms with van der Waals surface area (Å²) in [6.45, 7) is 8.64. The number of anilines is 2. The van der Waals surface area contributed by atoms with Crippen molar-refractivity contribution in [2.75, 3.05) is 63.1 Å². The summed E-state index contributed by atoms with van der Waals surface area (Å²) in [6, 6.07) is 14.2. The minimum atomic E-state index is 0. The number of nitrogens with zero attached hydrogens (tertiary/aromatic N) is 4. The SMILES string of the molecule is CCNC(=NCCCCNc1ccccn1)N1CCN(c2cccc(OC)c2)CC1.I. The zero-order valence-electron chi connectivity index (χ0n) is 18.6. The first-order valence-corrected chi connectivity index (χ1v) is 10.9. The standard InChI is InChI=1S/C23H34N6O.HI/c1-3-24-23(27-14-7-6-13-26-22-11-4-5-12-25-22)29-17-15-28(16-18-29)20-9-8-10-21(19-20)30-2;/h4-5,8-12,19H,3,6-7,13-18H2,1-2H3,(H,24,27)(H,25,26);1H. The summed E-state index contributed by atoms with van der Waals surface area (Å²) in [5.41, 5.74) is 1.22. The van der Waals surface area contributed by atoms with Gasteiger partial charge in [0.1, 0.15) is 11.6 Å². The molecule has 0 radical (unpaired) electrons. The van der Waals surface area contributed by atoms with Crippen molar-refractivity contribution in [3.8, 4) is 5.75 Å². The summed E-state index contributed by atoms with van der Waals surface area (Å²) in [5, 5.41) is 6.80. The number of halogens is 1. The second-order valence-corrected chi connectivity index (χ2v) is 7.26. The van der Waals surface area contributed by atoms with Crippen LogP contribution in [0.5, 0.6) is 5.75 Å². The van der Waals surface area contributed by atoms with E-state index in [2.05, 4.69) is 50.5 Å². The predicted octanol–water partition coefficient (Wildman–Crippen LogP) is 3.69. The highest BCUT2D eigenvalue weighted by Crippen LogP contribution is 2.22. The summed E-state index contributed by atoms with van der Waals surface area (Å²) in [6.07, 6.45) is 3.94. The van der Waals surface area contributed by atoms with Crippen molar-refractivity contribution < 1.29 is 4.74 Å². The zero-order chi connectivity index (χ0) is 21.0. The maximum atomic E-state index is 5.36. The van der Waals surface area contributed by atoms with E-state index in [1.807, 2.05) is 30.5 Å². The van der Waals surface area contributed by atoms with Crippen LogP contribution in [0.25, 0.3) is 0 Å². The van der Waals surface area contributed by atoms with Crippen LogP contribution in [0, 0.1) is 0 Å². The van der Waals surface area contributed by atoms with Gasteiger partial charge in [-0.1, -0.05) is 12.1 Å². The molecule has 0 spiro atoms. The molecule has 3 rings (SSSR count). The smallest absolute Gasteiger partial charge is 0.194 e. The number of aliphatic imine (C=N–C) groups is 1. The number of rotatable bonds is 9. The summed E-state index contributed by atoms with van der Waals surface area (Å²) in [5.74, 6) is 2.87. The van der Waals surface area contributed by atoms with E-state index in [-0.39, 0.29) is 24.0 Å². The van der Waals surface area contributed by atoms with Crippen molar-refractivity contribution in [1.29, 1.82) is 0 Å². The lowest BCUT2D eigenvalue weighted by molar-refractivity contribution is 0.372. The maximum Gasteiger partial charge on any atom is 0.194 e. The molecular formula is C23H35IN6O. The molecule has 7 nitrogen and oxygen atoms in total. The molecule has 1 aliphatic rings. The molecule has 170 valence electrons. The Bertz CT molecular complexity index is 781. The number of benzene rings is 1. The molecule has 0 bridgehead atoms. The fourth-order valence-electron chi connectivity index (χ4n) is 3.52. The van der Waals surface area contributed by atoms with Crippen LogP contribution in [0.1, 0.15) is 19.8 Å². The van der Waals surface area contributed by atoms with Gasteiger partial charge in [0, 0.05) is 63.8 Å². The Labute approximate surface area is 203 Å². The quantitative estimate of drug-likeness (QED) is 0.220. The molecule has 1 aliphatic heterocycles. The monoisotopic (exact) mass is 538 g/mol. The van der Waals surface area contributed by atoms with E-state index in [0.717, 1.165) is 76.2 Å². The fraction of sp³-hybridized carbons (Fsp3) is 0.478. The fourth-order valence-corrected chi connectivity index (χ4v) is 3.52. The summed E-state index contributed by atoms with van der Waals surface area (Å²) in [7, 11) is 1.71. The van der Waals surface area contributed by atoms with Crippen LogP contribution in [0.3, 0.4) is 0 Å². The largest absolute Gasteiger partial charge is 0.497 e. The number of ether oxygens (including phenoxy) is 1. The van der Waals surface area contributed by atoms with Crippen LogP contribution in [-0.4, -0.2) is 68.8 Å². The Balaban J connectivity index is 0.00000341. The maximum absolute atomic E-state index is 5.36. The topological polar surface area (TPSA) is 65.0 Å². The first-order valence-electron chi connectivity index (χ1n) is 10.9. The number of piperazine rings is 1. The number of hydrogen-bond donors (Lipinski definition) is 2. The molecular weight excluding hydrogens is 503 g/mol. The molecule has 0 amide bonds. The highest BCUT2D eigenvalue weighted by Gasteiger charge is 2.20. The predicted molar refractivity (Wildman–Crippen MR) is 140 cm³/mol. The first-order chi connectivity index (χ1) is 14.8. The lowest BCUT2D eigenvalue weighted by Gasteiger charge is -2.37. The molecule has 2 heterocycles. The normalized spacial score (nSPS) is 14.1. The number of methoxy groups -OCH3 is 1. The van der Waals surface area contributed by atoms with Gasteiger partial charge in [0.25, 0.3) is 0 Å². The molecule has 31 heavy (non-hydrogen) atoms. The second kappa shape index (κ2) is 14.0. The third-order valence-electron chi connectivity index (χ3n) is 5.15. The van der Waals surface area contributed by atoms with Crippen LogP contribution >= 0.6 is 24.0 Å². The van der Waals surface area contributed by atoms with Gasteiger partial charge in [-0.05, 0) is 44.0 Å². The van der Waals surface area contributed by atoms with Gasteiger partial charge in [-0.15, -0.1) is 24.0 Å². The van der Waals surface area contributed by atoms with Gasteiger partial charge in [-0.3, -0.25) is 4.99 Å². The summed E-state index contributed by atoms with van der Waals surface area (Å²) in [4.78, 5) is 13.9. The van der Waals surface area contributed by atoms with Crippen molar-refractivity contribution >= 4 is 41.4 Å². The van der Waals surface area contributed by atoms with Crippen molar-refractivity contribution in [3.63, 3.8) is 0 Å². The van der Waals surface area contributed by atoms with Gasteiger partial charge in [0.05, 0.1) is 7.11 Å². The Morgan fingerprint density at radius 1 is 1.10 bits per heavy atom. The molecule has 0 unspecified atom stereocenters. The van der Waals surface area contributed by atoms with Gasteiger partial charge >= 0.3 is 0 Å². The average molecular weight is 538 g/mol. The van der Waals surface area contributed by atoms with E-state index in [1.54, 1.807) is 7.11 Å². The van der Waals surface area contributed by atoms with Crippen molar-refractivity contribution in [2.45, 2.75) is 19.8 Å². The average Bonchev–Trinajstić information content (AvgIpc) is 2.81. The molecule has 0 aliphatic carbocycles. The molecule has 1 saturated heterocycles. The van der Waals surface area contributed by atoms with Gasteiger partial charge in [0.2, 0.25) is 0 Å². The molecule has 0 saturated carbocycles. The minimum Gasteiger partial charge on any atom is -0.497 e. The van der Waals surface area contributed by atoms with Gasteiger partial charge in [-0.2, -0.15) is 0 Å². The summed E-state index contributed by atoms with van der Waals surface area (Å²) >= 11 is 0. The van der Waals surface area contributed by atoms with Gasteiger partial charge in [0.15, 0.2) is 5.96 Å². The number of unbranched alkanes of at least 4 members (excludes halogenated alkanes) is 1. The highest BCUT2D eigenvalue weighted by atomic mass is 127. The Hall–Kier alpha value is -2.23. The molecule has 2 aromatic rings. The van der Waals surface area contributed by atoms with E-state index in [9.17, 15) is 0 Å². The minimum absolute atomic E-state index is 0. The van der Waals surface area contributed by atoms with Crippen LogP contribution < -0.4 is 20.3 Å². The molecule has 0 atom stereocenters. The zero-order valence-corrected chi connectivity index (χ0v) is 20.9. The van der Waals surface area contributed by atoms with Crippen LogP contribution in [0.15, 0.2) is 53.7 Å². The number of pyridine rings is 1. The first kappa shape index (κ1) is 25.0. The van der Waals surface area contributed by atoms with Crippen molar-refractivity contribution in [3.05, 3.63) is 48.7 Å². The van der Waals surface area contributed by atoms with Gasteiger partial charge < -0.3 is 25.2 Å². The third kappa shape index (κ3) is 8.08. The lowest BCUT2D eigenvalue weighted by Crippen LogP contribution is -2.52. The molecule has 1 aromatic carbocycles. The molecule has 8 heteroatoms. The van der Waals surface area contributed by atoms with Crippen LogP contribution in [0.2, 0.25) is 0 Å². The number of aromatic nitrogens is 1. The van der Waals surface area contributed by atoms with Crippen LogP contribution in [-0.2, 0) is 0 Å². The van der Waals surface area contributed by atoms with Crippen molar-refractivity contribution in [2.24, 2.45) is 4.99 Å². The Morgan fingerprint density at radius 2 is 1.94 bits per heavy atom.